The maximum atomic E-state index is 8.66. The van der Waals surface area contributed by atoms with Gasteiger partial charge >= 0.3 is 0 Å². The molecule has 1 aromatic carbocycles. The Hall–Kier alpha value is -1.34. The summed E-state index contributed by atoms with van der Waals surface area (Å²) in [7, 11) is 0. The molecule has 1 saturated heterocycles. The zero-order valence-electron chi connectivity index (χ0n) is 11.4. The number of hydrogen-bond donors (Lipinski definition) is 1. The molecule has 1 unspecified atom stereocenters. The molecule has 1 aliphatic heterocycles. The molecule has 0 aliphatic carbocycles. The van der Waals surface area contributed by atoms with Crippen molar-refractivity contribution in [3.05, 3.63) is 35.4 Å². The van der Waals surface area contributed by atoms with Crippen molar-refractivity contribution in [3.8, 4) is 11.8 Å². The lowest BCUT2D eigenvalue weighted by molar-refractivity contribution is -0.0127. The normalized spacial score (nSPS) is 19.8. The summed E-state index contributed by atoms with van der Waals surface area (Å²) in [5, 5.41) is 8.66. The third-order valence-corrected chi connectivity index (χ3v) is 3.47. The molecule has 1 aromatic rings. The van der Waals surface area contributed by atoms with Crippen LogP contribution in [0.2, 0.25) is 0 Å². The van der Waals surface area contributed by atoms with Gasteiger partial charge in [-0.15, -0.1) is 0 Å². The topological polar surface area (TPSA) is 32.7 Å². The summed E-state index contributed by atoms with van der Waals surface area (Å²) in [6.45, 7) is 5.76. The van der Waals surface area contributed by atoms with Gasteiger partial charge in [-0.2, -0.15) is 0 Å². The monoisotopic (exact) mass is 259 g/mol. The average molecular weight is 259 g/mol. The van der Waals surface area contributed by atoms with Gasteiger partial charge in [0.25, 0.3) is 0 Å². The molecule has 0 radical (unpaired) electrons. The summed E-state index contributed by atoms with van der Waals surface area (Å²) in [5.74, 6) is 5.57. The molecule has 2 rings (SSSR count). The molecule has 0 aromatic heterocycles. The largest absolute Gasteiger partial charge is 0.384 e. The first-order valence-corrected chi connectivity index (χ1v) is 6.84. The second kappa shape index (κ2) is 7.30. The Morgan fingerprint density at radius 1 is 1.37 bits per heavy atom. The zero-order valence-corrected chi connectivity index (χ0v) is 11.4. The van der Waals surface area contributed by atoms with Gasteiger partial charge in [0, 0.05) is 24.7 Å². The van der Waals surface area contributed by atoms with Crippen molar-refractivity contribution in [1.82, 2.24) is 4.90 Å². The number of rotatable bonds is 3. The average Bonchev–Trinajstić information content (AvgIpc) is 2.47. The Morgan fingerprint density at radius 2 is 2.16 bits per heavy atom. The summed E-state index contributed by atoms with van der Waals surface area (Å²) in [5.41, 5.74) is 2.25. The number of benzene rings is 1. The van der Waals surface area contributed by atoms with E-state index in [-0.39, 0.29) is 6.61 Å². The van der Waals surface area contributed by atoms with Crippen molar-refractivity contribution < 1.29 is 9.84 Å². The number of nitrogens with zero attached hydrogens (tertiary/aromatic N) is 1. The van der Waals surface area contributed by atoms with E-state index in [0.717, 1.165) is 38.3 Å². The van der Waals surface area contributed by atoms with E-state index in [1.54, 1.807) is 0 Å². The van der Waals surface area contributed by atoms with Gasteiger partial charge in [0.1, 0.15) is 6.61 Å². The SMILES string of the molecule is CCC1COCCN1Cc1ccc(C#CCO)cc1. The smallest absolute Gasteiger partial charge is 0.104 e. The molecule has 0 spiro atoms. The van der Waals surface area contributed by atoms with Gasteiger partial charge in [0.2, 0.25) is 0 Å². The molecule has 0 amide bonds. The zero-order chi connectivity index (χ0) is 13.5. The third-order valence-electron chi connectivity index (χ3n) is 3.47. The van der Waals surface area contributed by atoms with Crippen molar-refractivity contribution >= 4 is 0 Å². The second-order valence-corrected chi connectivity index (χ2v) is 4.76. The molecule has 1 heterocycles. The number of aliphatic hydroxyl groups excluding tert-OH is 1. The Labute approximate surface area is 115 Å². The predicted molar refractivity (Wildman–Crippen MR) is 75.7 cm³/mol. The minimum Gasteiger partial charge on any atom is -0.384 e. The maximum absolute atomic E-state index is 8.66. The van der Waals surface area contributed by atoms with Crippen LogP contribution < -0.4 is 0 Å². The Morgan fingerprint density at radius 3 is 2.84 bits per heavy atom. The molecule has 1 N–H and O–H groups in total. The number of ether oxygens (including phenoxy) is 1. The lowest BCUT2D eigenvalue weighted by atomic mass is 10.1. The lowest BCUT2D eigenvalue weighted by Gasteiger charge is -2.35. The Kier molecular flexibility index (Phi) is 5.41. The highest BCUT2D eigenvalue weighted by Gasteiger charge is 2.20. The van der Waals surface area contributed by atoms with Crippen LogP contribution >= 0.6 is 0 Å². The van der Waals surface area contributed by atoms with Gasteiger partial charge in [-0.1, -0.05) is 30.9 Å². The van der Waals surface area contributed by atoms with Gasteiger partial charge in [0.15, 0.2) is 0 Å². The molecule has 3 heteroatoms. The summed E-state index contributed by atoms with van der Waals surface area (Å²) in [4.78, 5) is 2.48. The van der Waals surface area contributed by atoms with E-state index in [9.17, 15) is 0 Å². The minimum atomic E-state index is -0.0896. The molecule has 1 atom stereocenters. The van der Waals surface area contributed by atoms with Crippen LogP contribution in [0.25, 0.3) is 0 Å². The molecule has 1 fully saturated rings. The summed E-state index contributed by atoms with van der Waals surface area (Å²) in [6, 6.07) is 8.79. The minimum absolute atomic E-state index is 0.0896. The van der Waals surface area contributed by atoms with E-state index in [0.29, 0.717) is 6.04 Å². The highest BCUT2D eigenvalue weighted by molar-refractivity contribution is 5.36. The molecule has 1 aliphatic rings. The van der Waals surface area contributed by atoms with Gasteiger partial charge in [-0.25, -0.2) is 0 Å². The third kappa shape index (κ3) is 4.07. The van der Waals surface area contributed by atoms with Crippen LogP contribution in [0.3, 0.4) is 0 Å². The van der Waals surface area contributed by atoms with Crippen LogP contribution in [0.5, 0.6) is 0 Å². The predicted octanol–water partition coefficient (Wildman–Crippen LogP) is 1.64. The summed E-state index contributed by atoms with van der Waals surface area (Å²) >= 11 is 0. The first-order chi connectivity index (χ1) is 9.33. The van der Waals surface area contributed by atoms with Crippen molar-refractivity contribution in [2.24, 2.45) is 0 Å². The Bertz CT molecular complexity index is 444. The van der Waals surface area contributed by atoms with E-state index < -0.39 is 0 Å². The van der Waals surface area contributed by atoms with Crippen LogP contribution in [0.15, 0.2) is 24.3 Å². The van der Waals surface area contributed by atoms with E-state index in [1.807, 2.05) is 12.1 Å². The quantitative estimate of drug-likeness (QED) is 0.838. The second-order valence-electron chi connectivity index (χ2n) is 4.76. The highest BCUT2D eigenvalue weighted by atomic mass is 16.5. The first-order valence-electron chi connectivity index (χ1n) is 6.84. The fourth-order valence-corrected chi connectivity index (χ4v) is 2.34. The van der Waals surface area contributed by atoms with E-state index in [2.05, 4.69) is 35.8 Å². The van der Waals surface area contributed by atoms with Crippen molar-refractivity contribution in [2.75, 3.05) is 26.4 Å². The summed E-state index contributed by atoms with van der Waals surface area (Å²) in [6.07, 6.45) is 1.13. The molecule has 19 heavy (non-hydrogen) atoms. The first kappa shape index (κ1) is 14.1. The fourth-order valence-electron chi connectivity index (χ4n) is 2.34. The fraction of sp³-hybridized carbons (Fsp3) is 0.500. The van der Waals surface area contributed by atoms with Crippen molar-refractivity contribution in [3.63, 3.8) is 0 Å². The maximum Gasteiger partial charge on any atom is 0.104 e. The lowest BCUT2D eigenvalue weighted by Crippen LogP contribution is -2.44. The standard InChI is InChI=1S/C16H21NO2/c1-2-16-13-19-11-9-17(16)12-15-7-5-14(6-8-15)4-3-10-18/h5-8,16,18H,2,9-13H2,1H3. The van der Waals surface area contributed by atoms with Gasteiger partial charge < -0.3 is 9.84 Å². The van der Waals surface area contributed by atoms with Crippen molar-refractivity contribution in [2.45, 2.75) is 25.9 Å². The van der Waals surface area contributed by atoms with Crippen LogP contribution in [0, 0.1) is 11.8 Å². The molecular formula is C16H21NO2. The Balaban J connectivity index is 1.98. The molecule has 0 saturated carbocycles. The highest BCUT2D eigenvalue weighted by Crippen LogP contribution is 2.15. The van der Waals surface area contributed by atoms with E-state index in [1.165, 1.54) is 5.56 Å². The molecular weight excluding hydrogens is 238 g/mol. The van der Waals surface area contributed by atoms with Crippen LogP contribution in [-0.4, -0.2) is 42.4 Å². The van der Waals surface area contributed by atoms with E-state index >= 15 is 0 Å². The van der Waals surface area contributed by atoms with E-state index in [4.69, 9.17) is 9.84 Å². The number of aliphatic hydroxyl groups is 1. The van der Waals surface area contributed by atoms with Crippen LogP contribution in [-0.2, 0) is 11.3 Å². The number of morpholine rings is 1. The van der Waals surface area contributed by atoms with Gasteiger partial charge in [0.05, 0.1) is 13.2 Å². The van der Waals surface area contributed by atoms with Crippen LogP contribution in [0.4, 0.5) is 0 Å². The molecule has 0 bridgehead atoms. The van der Waals surface area contributed by atoms with Gasteiger partial charge in [-0.05, 0) is 24.1 Å². The number of hydrogen-bond acceptors (Lipinski definition) is 3. The van der Waals surface area contributed by atoms with Crippen LogP contribution in [0.1, 0.15) is 24.5 Å². The molecule has 3 nitrogen and oxygen atoms in total. The van der Waals surface area contributed by atoms with Gasteiger partial charge in [-0.3, -0.25) is 4.90 Å². The van der Waals surface area contributed by atoms with Crippen molar-refractivity contribution in [1.29, 1.82) is 0 Å². The molecule has 102 valence electrons. The summed E-state index contributed by atoms with van der Waals surface area (Å²) < 4.78 is 5.52.